The Labute approximate surface area is 94.5 Å². The quantitative estimate of drug-likeness (QED) is 0.826. The lowest BCUT2D eigenvalue weighted by atomic mass is 9.95. The molecule has 4 nitrogen and oxygen atoms in total. The second-order valence-corrected chi connectivity index (χ2v) is 3.85. The number of hydrogen-bond donors (Lipinski definition) is 2. The lowest BCUT2D eigenvalue weighted by Crippen LogP contribution is -2.09. The molecule has 0 saturated heterocycles. The van der Waals surface area contributed by atoms with Gasteiger partial charge in [0.15, 0.2) is 11.5 Å². The van der Waals surface area contributed by atoms with Crippen molar-refractivity contribution < 1.29 is 19.7 Å². The number of benzene rings is 1. The molecule has 0 heterocycles. The lowest BCUT2D eigenvalue weighted by Gasteiger charge is -2.16. The Bertz CT molecular complexity index is 424. The van der Waals surface area contributed by atoms with Gasteiger partial charge in [0.05, 0.1) is 13.0 Å². The van der Waals surface area contributed by atoms with Crippen molar-refractivity contribution in [2.75, 3.05) is 7.11 Å². The van der Waals surface area contributed by atoms with Gasteiger partial charge in [-0.25, -0.2) is 0 Å². The molecule has 0 aliphatic carbocycles. The standard InChI is InChI=1S/C12H16O4/c1-6-5-9(8(3)12(14)15)11(16-4)10(13)7(6)2/h5,8,13H,1-4H3,(H,14,15). The molecule has 0 amide bonds. The highest BCUT2D eigenvalue weighted by atomic mass is 16.5. The van der Waals surface area contributed by atoms with E-state index in [0.717, 1.165) is 5.56 Å². The minimum absolute atomic E-state index is 0.0191. The van der Waals surface area contributed by atoms with Crippen LogP contribution in [0.1, 0.15) is 29.5 Å². The maximum Gasteiger partial charge on any atom is 0.310 e. The van der Waals surface area contributed by atoms with Crippen LogP contribution in [0.5, 0.6) is 11.5 Å². The number of carboxylic acids is 1. The molecular weight excluding hydrogens is 208 g/mol. The smallest absolute Gasteiger partial charge is 0.310 e. The van der Waals surface area contributed by atoms with Gasteiger partial charge < -0.3 is 14.9 Å². The van der Waals surface area contributed by atoms with Crippen molar-refractivity contribution in [3.8, 4) is 11.5 Å². The highest BCUT2D eigenvalue weighted by Gasteiger charge is 2.22. The summed E-state index contributed by atoms with van der Waals surface area (Å²) in [6.45, 7) is 5.16. The molecule has 0 spiro atoms. The SMILES string of the molecule is COc1c(C(C)C(=O)O)cc(C)c(C)c1O. The Hall–Kier alpha value is -1.71. The molecule has 16 heavy (non-hydrogen) atoms. The maximum atomic E-state index is 10.9. The second kappa shape index (κ2) is 4.43. The molecule has 0 aromatic heterocycles. The number of carboxylic acid groups (broad SMARTS) is 1. The molecule has 1 rings (SSSR count). The predicted molar refractivity (Wildman–Crippen MR) is 60.2 cm³/mol. The Kier molecular flexibility index (Phi) is 3.42. The third kappa shape index (κ3) is 1.96. The number of aliphatic carboxylic acids is 1. The van der Waals surface area contributed by atoms with E-state index in [1.165, 1.54) is 7.11 Å². The number of rotatable bonds is 3. The number of phenolic OH excluding ortho intramolecular Hbond substituents is 1. The molecule has 0 aliphatic rings. The van der Waals surface area contributed by atoms with Crippen molar-refractivity contribution in [1.29, 1.82) is 0 Å². The molecule has 0 fully saturated rings. The monoisotopic (exact) mass is 224 g/mol. The molecule has 4 heteroatoms. The number of aryl methyl sites for hydroxylation is 1. The zero-order valence-corrected chi connectivity index (χ0v) is 9.87. The number of hydrogen-bond acceptors (Lipinski definition) is 3. The van der Waals surface area contributed by atoms with Gasteiger partial charge in [-0.3, -0.25) is 4.79 Å². The summed E-state index contributed by atoms with van der Waals surface area (Å²) in [4.78, 5) is 10.9. The van der Waals surface area contributed by atoms with Crippen LogP contribution in [-0.4, -0.2) is 23.3 Å². The largest absolute Gasteiger partial charge is 0.504 e. The van der Waals surface area contributed by atoms with Crippen molar-refractivity contribution in [2.24, 2.45) is 0 Å². The van der Waals surface area contributed by atoms with E-state index < -0.39 is 11.9 Å². The fourth-order valence-corrected chi connectivity index (χ4v) is 1.57. The van der Waals surface area contributed by atoms with E-state index >= 15 is 0 Å². The third-order valence-electron chi connectivity index (χ3n) is 2.84. The zero-order chi connectivity index (χ0) is 12.5. The average Bonchev–Trinajstić information content (AvgIpc) is 2.24. The molecule has 0 bridgehead atoms. The maximum absolute atomic E-state index is 10.9. The summed E-state index contributed by atoms with van der Waals surface area (Å²) in [5.41, 5.74) is 2.05. The summed E-state index contributed by atoms with van der Waals surface area (Å²) in [7, 11) is 1.42. The Balaban J connectivity index is 3.44. The minimum atomic E-state index is -0.944. The van der Waals surface area contributed by atoms with Gasteiger partial charge in [0.1, 0.15) is 0 Å². The normalized spacial score (nSPS) is 12.2. The van der Waals surface area contributed by atoms with Crippen molar-refractivity contribution >= 4 is 5.97 Å². The van der Waals surface area contributed by atoms with Gasteiger partial charge in [-0.1, -0.05) is 6.07 Å². The highest BCUT2D eigenvalue weighted by Crippen LogP contribution is 2.39. The van der Waals surface area contributed by atoms with Crippen molar-refractivity contribution in [3.05, 3.63) is 22.8 Å². The van der Waals surface area contributed by atoms with E-state index in [9.17, 15) is 9.90 Å². The fourth-order valence-electron chi connectivity index (χ4n) is 1.57. The van der Waals surface area contributed by atoms with Crippen molar-refractivity contribution in [2.45, 2.75) is 26.7 Å². The van der Waals surface area contributed by atoms with Crippen LogP contribution in [-0.2, 0) is 4.79 Å². The van der Waals surface area contributed by atoms with Gasteiger partial charge in [-0.05, 0) is 31.9 Å². The fraction of sp³-hybridized carbons (Fsp3) is 0.417. The summed E-state index contributed by atoms with van der Waals surface area (Å²) < 4.78 is 5.07. The van der Waals surface area contributed by atoms with Crippen LogP contribution < -0.4 is 4.74 Å². The van der Waals surface area contributed by atoms with Crippen LogP contribution in [0.3, 0.4) is 0 Å². The van der Waals surface area contributed by atoms with E-state index in [4.69, 9.17) is 9.84 Å². The summed E-state index contributed by atoms with van der Waals surface area (Å²) in [6.07, 6.45) is 0. The van der Waals surface area contributed by atoms with Crippen LogP contribution in [0.2, 0.25) is 0 Å². The number of aromatic hydroxyl groups is 1. The first-order valence-corrected chi connectivity index (χ1v) is 5.00. The Morgan fingerprint density at radius 3 is 2.44 bits per heavy atom. The second-order valence-electron chi connectivity index (χ2n) is 3.85. The minimum Gasteiger partial charge on any atom is -0.504 e. The lowest BCUT2D eigenvalue weighted by molar-refractivity contribution is -0.138. The van der Waals surface area contributed by atoms with Gasteiger partial charge in [0, 0.05) is 5.56 Å². The molecule has 0 radical (unpaired) electrons. The van der Waals surface area contributed by atoms with Crippen LogP contribution in [0.4, 0.5) is 0 Å². The first-order chi connectivity index (χ1) is 7.40. The van der Waals surface area contributed by atoms with E-state index in [0.29, 0.717) is 11.1 Å². The van der Waals surface area contributed by atoms with Gasteiger partial charge in [0.2, 0.25) is 0 Å². The van der Waals surface area contributed by atoms with Gasteiger partial charge in [0.25, 0.3) is 0 Å². The van der Waals surface area contributed by atoms with Gasteiger partial charge in [-0.15, -0.1) is 0 Å². The van der Waals surface area contributed by atoms with Gasteiger partial charge >= 0.3 is 5.97 Å². The van der Waals surface area contributed by atoms with E-state index in [-0.39, 0.29) is 11.5 Å². The Morgan fingerprint density at radius 2 is 2.00 bits per heavy atom. The van der Waals surface area contributed by atoms with E-state index in [2.05, 4.69) is 0 Å². The molecular formula is C12H16O4. The number of phenols is 1. The molecule has 1 atom stereocenters. The third-order valence-corrected chi connectivity index (χ3v) is 2.84. The van der Waals surface area contributed by atoms with Crippen LogP contribution in [0.25, 0.3) is 0 Å². The summed E-state index contributed by atoms with van der Waals surface area (Å²) in [5.74, 6) is -1.38. The van der Waals surface area contributed by atoms with E-state index in [1.807, 2.05) is 6.92 Å². The van der Waals surface area contributed by atoms with Crippen molar-refractivity contribution in [1.82, 2.24) is 0 Å². The number of carbonyl (C=O) groups is 1. The van der Waals surface area contributed by atoms with Crippen LogP contribution in [0, 0.1) is 13.8 Å². The van der Waals surface area contributed by atoms with Crippen LogP contribution in [0.15, 0.2) is 6.07 Å². The molecule has 0 saturated carbocycles. The Morgan fingerprint density at radius 1 is 1.44 bits per heavy atom. The number of methoxy groups -OCH3 is 1. The molecule has 88 valence electrons. The van der Waals surface area contributed by atoms with Gasteiger partial charge in [-0.2, -0.15) is 0 Å². The summed E-state index contributed by atoms with van der Waals surface area (Å²) in [6, 6.07) is 1.74. The summed E-state index contributed by atoms with van der Waals surface area (Å²) >= 11 is 0. The van der Waals surface area contributed by atoms with Crippen LogP contribution >= 0.6 is 0 Å². The molecule has 1 unspecified atom stereocenters. The predicted octanol–water partition coefficient (Wildman–Crippen LogP) is 2.21. The average molecular weight is 224 g/mol. The molecule has 1 aromatic carbocycles. The first kappa shape index (κ1) is 12.4. The molecule has 0 aliphatic heterocycles. The first-order valence-electron chi connectivity index (χ1n) is 5.00. The van der Waals surface area contributed by atoms with E-state index in [1.54, 1.807) is 19.9 Å². The number of ether oxygens (including phenoxy) is 1. The molecule has 2 N–H and O–H groups in total. The van der Waals surface area contributed by atoms with Crippen molar-refractivity contribution in [3.63, 3.8) is 0 Å². The highest BCUT2D eigenvalue weighted by molar-refractivity contribution is 5.77. The summed E-state index contributed by atoms with van der Waals surface area (Å²) in [5, 5.41) is 18.8. The topological polar surface area (TPSA) is 66.8 Å². The zero-order valence-electron chi connectivity index (χ0n) is 9.87. The molecule has 1 aromatic rings.